The van der Waals surface area contributed by atoms with Gasteiger partial charge in [0, 0.05) is 30.7 Å². The number of carbonyl (C=O) groups is 2. The Morgan fingerprint density at radius 3 is 2.35 bits per heavy atom. The van der Waals surface area contributed by atoms with E-state index in [1.807, 2.05) is 110 Å². The topological polar surface area (TPSA) is 132 Å². The van der Waals surface area contributed by atoms with Crippen molar-refractivity contribution in [1.82, 2.24) is 20.8 Å². The summed E-state index contributed by atoms with van der Waals surface area (Å²) in [6.07, 6.45) is 0.184. The van der Waals surface area contributed by atoms with Crippen LogP contribution >= 0.6 is 23.1 Å². The van der Waals surface area contributed by atoms with E-state index in [1.165, 1.54) is 7.11 Å². The minimum Gasteiger partial charge on any atom is -0.467 e. The lowest BCUT2D eigenvalue weighted by Gasteiger charge is -2.36. The molecule has 1 aliphatic heterocycles. The third-order valence-corrected chi connectivity index (χ3v) is 10.6. The molecule has 6 rings (SSSR count). The van der Waals surface area contributed by atoms with E-state index in [1.54, 1.807) is 23.1 Å². The minimum absolute atomic E-state index is 0.00811. The van der Waals surface area contributed by atoms with E-state index in [4.69, 9.17) is 14.2 Å². The van der Waals surface area contributed by atoms with Gasteiger partial charge in [0.25, 0.3) is 0 Å². The highest BCUT2D eigenvalue weighted by Crippen LogP contribution is 2.40. The first kappa shape index (κ1) is 36.2. The lowest BCUT2D eigenvalue weighted by molar-refractivity contribution is -0.245. The van der Waals surface area contributed by atoms with Crippen molar-refractivity contribution >= 4 is 35.1 Å². The number of amides is 2. The Bertz CT molecular complexity index is 1890. The molecule has 0 saturated carbocycles. The van der Waals surface area contributed by atoms with Crippen molar-refractivity contribution in [3.8, 4) is 11.1 Å². The van der Waals surface area contributed by atoms with Crippen molar-refractivity contribution in [2.24, 2.45) is 0 Å². The van der Waals surface area contributed by atoms with Gasteiger partial charge in [-0.3, -0.25) is 0 Å². The molecule has 12 heteroatoms. The molecule has 1 saturated heterocycles. The van der Waals surface area contributed by atoms with Crippen molar-refractivity contribution in [3.05, 3.63) is 136 Å². The Morgan fingerprint density at radius 2 is 1.65 bits per heavy atom. The highest BCUT2D eigenvalue weighted by molar-refractivity contribution is 8.01. The van der Waals surface area contributed by atoms with Crippen molar-refractivity contribution in [3.63, 3.8) is 0 Å². The highest BCUT2D eigenvalue weighted by Gasteiger charge is 2.32. The van der Waals surface area contributed by atoms with Crippen LogP contribution in [0.15, 0.2) is 107 Å². The summed E-state index contributed by atoms with van der Waals surface area (Å²) < 4.78 is 18.9. The van der Waals surface area contributed by atoms with Crippen LogP contribution in [0.3, 0.4) is 0 Å². The second-order valence-electron chi connectivity index (χ2n) is 12.2. The molecule has 4 unspecified atom stereocenters. The number of thioether (sulfide) groups is 1. The first-order valence-corrected chi connectivity index (χ1v) is 18.5. The number of carbonyl (C=O) groups excluding carboxylic acids is 2. The van der Waals surface area contributed by atoms with Gasteiger partial charge in [0.1, 0.15) is 11.0 Å². The Labute approximate surface area is 305 Å². The fourth-order valence-corrected chi connectivity index (χ4v) is 7.65. The van der Waals surface area contributed by atoms with Crippen molar-refractivity contribution in [2.45, 2.75) is 61.8 Å². The number of esters is 1. The van der Waals surface area contributed by atoms with Gasteiger partial charge in [0.05, 0.1) is 25.9 Å². The number of aromatic nitrogens is 2. The maximum Gasteiger partial charge on any atom is 0.328 e. The van der Waals surface area contributed by atoms with E-state index in [0.29, 0.717) is 18.6 Å². The number of ether oxygens (including phenoxy) is 3. The summed E-state index contributed by atoms with van der Waals surface area (Å²) in [7, 11) is 1.31. The second-order valence-corrected chi connectivity index (χ2v) is 14.6. The van der Waals surface area contributed by atoms with Crippen LogP contribution in [0, 0.1) is 6.92 Å². The number of aryl methyl sites for hydroxylation is 1. The monoisotopic (exact) mass is 724 g/mol. The third-order valence-electron chi connectivity index (χ3n) is 8.49. The summed E-state index contributed by atoms with van der Waals surface area (Å²) in [6.45, 7) is 2.21. The van der Waals surface area contributed by atoms with Gasteiger partial charge in [-0.15, -0.1) is 10.2 Å². The number of hydrogen-bond acceptors (Lipinski definition) is 10. The maximum absolute atomic E-state index is 12.8. The predicted molar refractivity (Wildman–Crippen MR) is 197 cm³/mol. The highest BCUT2D eigenvalue weighted by atomic mass is 32.2. The SMILES string of the molecule is COC(=O)C(Cc1ccccc1)NC(=O)NCc1cccc(-c2ccc(C3OC(CSc4nnc(C)s4)CC(c4ccc(CO)cc4)O3)cc2)c1. The second kappa shape index (κ2) is 17.6. The molecule has 2 amide bonds. The van der Waals surface area contributed by atoms with Gasteiger partial charge in [0.15, 0.2) is 10.6 Å². The number of methoxy groups -OCH3 is 1. The normalized spacial score (nSPS) is 17.7. The van der Waals surface area contributed by atoms with E-state index >= 15 is 0 Å². The van der Waals surface area contributed by atoms with Crippen LogP contribution in [0.2, 0.25) is 0 Å². The fourth-order valence-electron chi connectivity index (χ4n) is 5.79. The Balaban J connectivity index is 1.10. The average Bonchev–Trinajstić information content (AvgIpc) is 3.61. The summed E-state index contributed by atoms with van der Waals surface area (Å²) in [5, 5.41) is 24.4. The summed E-state index contributed by atoms with van der Waals surface area (Å²) in [4.78, 5) is 25.2. The first-order chi connectivity index (χ1) is 24.9. The molecule has 0 radical (unpaired) electrons. The average molecular weight is 725 g/mol. The van der Waals surface area contributed by atoms with Crippen LogP contribution in [-0.2, 0) is 38.6 Å². The molecule has 51 heavy (non-hydrogen) atoms. The molecular weight excluding hydrogens is 685 g/mol. The molecule has 2 heterocycles. The Hall–Kier alpha value is -4.59. The predicted octanol–water partition coefficient (Wildman–Crippen LogP) is 6.93. The number of aliphatic hydroxyl groups excluding tert-OH is 1. The van der Waals surface area contributed by atoms with Crippen LogP contribution in [0.4, 0.5) is 4.79 Å². The summed E-state index contributed by atoms with van der Waals surface area (Å²) in [5.74, 6) is 0.209. The molecule has 1 fully saturated rings. The van der Waals surface area contributed by atoms with Crippen LogP contribution in [0.25, 0.3) is 11.1 Å². The fraction of sp³-hybridized carbons (Fsp3) is 0.282. The molecule has 0 aliphatic carbocycles. The Kier molecular flexibility index (Phi) is 12.5. The number of benzene rings is 4. The van der Waals surface area contributed by atoms with Crippen molar-refractivity contribution in [1.29, 1.82) is 0 Å². The van der Waals surface area contributed by atoms with Gasteiger partial charge < -0.3 is 30.0 Å². The van der Waals surface area contributed by atoms with Gasteiger partial charge in [-0.25, -0.2) is 9.59 Å². The number of nitrogens with zero attached hydrogens (tertiary/aromatic N) is 2. The molecule has 0 spiro atoms. The van der Waals surface area contributed by atoms with Crippen LogP contribution in [-0.4, -0.2) is 52.3 Å². The molecule has 5 aromatic rings. The molecule has 10 nitrogen and oxygen atoms in total. The largest absolute Gasteiger partial charge is 0.467 e. The van der Waals surface area contributed by atoms with Gasteiger partial charge in [-0.1, -0.05) is 120 Å². The number of nitrogens with one attached hydrogen (secondary N) is 2. The third kappa shape index (κ3) is 10.0. The van der Waals surface area contributed by atoms with Crippen LogP contribution < -0.4 is 10.6 Å². The lowest BCUT2D eigenvalue weighted by Crippen LogP contribution is -2.47. The molecule has 4 aromatic carbocycles. The van der Waals surface area contributed by atoms with Crippen LogP contribution in [0.5, 0.6) is 0 Å². The van der Waals surface area contributed by atoms with Crippen molar-refractivity contribution < 1.29 is 28.9 Å². The smallest absolute Gasteiger partial charge is 0.328 e. The molecule has 264 valence electrons. The molecule has 3 N–H and O–H groups in total. The zero-order valence-corrected chi connectivity index (χ0v) is 30.0. The van der Waals surface area contributed by atoms with E-state index in [2.05, 4.69) is 20.8 Å². The number of rotatable bonds is 13. The van der Waals surface area contributed by atoms with E-state index in [0.717, 1.165) is 48.3 Å². The van der Waals surface area contributed by atoms with E-state index in [-0.39, 0.29) is 25.4 Å². The minimum atomic E-state index is -0.810. The van der Waals surface area contributed by atoms with Crippen LogP contribution in [0.1, 0.15) is 51.6 Å². The summed E-state index contributed by atoms with van der Waals surface area (Å²) >= 11 is 3.21. The van der Waals surface area contributed by atoms with E-state index in [9.17, 15) is 14.7 Å². The molecule has 0 bridgehead atoms. The summed E-state index contributed by atoms with van der Waals surface area (Å²) in [5.41, 5.74) is 6.61. The zero-order valence-electron chi connectivity index (χ0n) is 28.4. The molecule has 4 atom stereocenters. The molecular formula is C39H40N4O6S2. The summed E-state index contributed by atoms with van der Waals surface area (Å²) in [6, 6.07) is 32.1. The first-order valence-electron chi connectivity index (χ1n) is 16.7. The maximum atomic E-state index is 12.8. The van der Waals surface area contributed by atoms with Gasteiger partial charge >= 0.3 is 12.0 Å². The quantitative estimate of drug-likeness (QED) is 0.0874. The lowest BCUT2D eigenvalue weighted by atomic mass is 9.99. The Morgan fingerprint density at radius 1 is 0.902 bits per heavy atom. The zero-order chi connectivity index (χ0) is 35.6. The van der Waals surface area contributed by atoms with E-state index < -0.39 is 24.3 Å². The van der Waals surface area contributed by atoms with Gasteiger partial charge in [-0.2, -0.15) is 0 Å². The molecule has 1 aromatic heterocycles. The number of hydrogen-bond donors (Lipinski definition) is 3. The van der Waals surface area contributed by atoms with Crippen molar-refractivity contribution in [2.75, 3.05) is 12.9 Å². The molecule has 1 aliphatic rings. The standard InChI is InChI=1S/C39H40N4O6S2/c1-25-42-43-39(51-25)50-24-33-21-35(30-13-11-27(23-44)12-14-30)49-37(48-33)31-17-15-29(16-18-31)32-10-6-9-28(19-32)22-40-38(46)41-34(36(45)47-2)20-26-7-4-3-5-8-26/h3-19,33-35,37,44H,20-24H2,1-2H3,(H2,40,41,46). The number of urea groups is 1. The number of aliphatic hydroxyl groups is 1. The van der Waals surface area contributed by atoms with Gasteiger partial charge in [-0.05, 0) is 46.4 Å². The van der Waals surface area contributed by atoms with Gasteiger partial charge in [0.2, 0.25) is 0 Å².